The highest BCUT2D eigenvalue weighted by atomic mass is 19.1. The van der Waals surface area contributed by atoms with Crippen molar-refractivity contribution in [2.45, 2.75) is 12.5 Å². The van der Waals surface area contributed by atoms with Gasteiger partial charge in [0.15, 0.2) is 0 Å². The number of ketones is 1. The molecule has 1 aromatic heterocycles. The molecule has 3 rings (SSSR count). The number of aliphatic hydroxyl groups excluding tert-OH is 1. The molecule has 1 saturated heterocycles. The van der Waals surface area contributed by atoms with Gasteiger partial charge in [0.2, 0.25) is 0 Å². The molecule has 2 heterocycles. The van der Waals surface area contributed by atoms with E-state index in [2.05, 4.69) is 4.98 Å². The number of aliphatic hydroxyl groups is 1. The van der Waals surface area contributed by atoms with Gasteiger partial charge in [0, 0.05) is 30.1 Å². The fraction of sp³-hybridized carbons (Fsp3) is 0.286. The third kappa shape index (κ3) is 3.80. The molecule has 0 aliphatic carbocycles. The van der Waals surface area contributed by atoms with Gasteiger partial charge < -0.3 is 14.9 Å². The zero-order valence-electron chi connectivity index (χ0n) is 15.8. The van der Waals surface area contributed by atoms with Crippen LogP contribution in [0.25, 0.3) is 5.76 Å². The van der Waals surface area contributed by atoms with Gasteiger partial charge in [0.25, 0.3) is 11.7 Å². The lowest BCUT2D eigenvalue weighted by Crippen LogP contribution is -2.32. The zero-order valence-corrected chi connectivity index (χ0v) is 15.8. The van der Waals surface area contributed by atoms with Crippen LogP contribution in [0.2, 0.25) is 0 Å². The summed E-state index contributed by atoms with van der Waals surface area (Å²) in [7, 11) is 3.82. The Morgan fingerprint density at radius 1 is 1.18 bits per heavy atom. The van der Waals surface area contributed by atoms with Crippen LogP contribution < -0.4 is 0 Å². The van der Waals surface area contributed by atoms with E-state index in [1.165, 1.54) is 41.6 Å². The Kier molecular flexibility index (Phi) is 5.84. The molecule has 0 spiro atoms. The molecule has 146 valence electrons. The molecule has 0 saturated carbocycles. The lowest BCUT2D eigenvalue weighted by Gasteiger charge is -2.26. The molecule has 1 aliphatic heterocycles. The zero-order chi connectivity index (χ0) is 20.3. The predicted molar refractivity (Wildman–Crippen MR) is 103 cm³/mol. The van der Waals surface area contributed by atoms with Crippen molar-refractivity contribution in [2.75, 3.05) is 27.2 Å². The topological polar surface area (TPSA) is 73.7 Å². The lowest BCUT2D eigenvalue weighted by atomic mass is 9.95. The molecule has 0 radical (unpaired) electrons. The van der Waals surface area contributed by atoms with Crippen LogP contribution in [0.1, 0.15) is 23.6 Å². The minimum atomic E-state index is -0.975. The molecule has 0 bridgehead atoms. The van der Waals surface area contributed by atoms with Crippen LogP contribution in [0, 0.1) is 5.82 Å². The first kappa shape index (κ1) is 19.7. The average Bonchev–Trinajstić information content (AvgIpc) is 2.93. The number of aromatic nitrogens is 1. The predicted octanol–water partition coefficient (Wildman–Crippen LogP) is 2.59. The summed E-state index contributed by atoms with van der Waals surface area (Å²) in [5.41, 5.74) is 0.427. The third-order valence-electron chi connectivity index (χ3n) is 4.70. The second-order valence-electron chi connectivity index (χ2n) is 6.91. The molecule has 7 heteroatoms. The van der Waals surface area contributed by atoms with Crippen molar-refractivity contribution in [2.24, 2.45) is 0 Å². The number of rotatable bonds is 6. The van der Waals surface area contributed by atoms with E-state index in [1.807, 2.05) is 19.0 Å². The van der Waals surface area contributed by atoms with Crippen molar-refractivity contribution in [1.82, 2.24) is 14.8 Å². The standard InChI is InChI=1S/C21H22FN3O3/c1-24(2)12-5-13-25-18(15-6-3-4-7-16(15)22)17(20(27)21(25)28)19(26)14-8-10-23-11-9-14/h3-4,6-11,18,26H,5,12-13H2,1-2H3. The summed E-state index contributed by atoms with van der Waals surface area (Å²) in [5.74, 6) is -2.41. The molecule has 6 nitrogen and oxygen atoms in total. The van der Waals surface area contributed by atoms with Crippen molar-refractivity contribution < 1.29 is 19.1 Å². The first-order chi connectivity index (χ1) is 13.4. The molecule has 1 amide bonds. The van der Waals surface area contributed by atoms with Crippen LogP contribution in [0.4, 0.5) is 4.39 Å². The normalized spacial score (nSPS) is 18.9. The molecule has 1 fully saturated rings. The van der Waals surface area contributed by atoms with Crippen LogP contribution in [0.5, 0.6) is 0 Å². The van der Waals surface area contributed by atoms with Crippen molar-refractivity contribution >= 4 is 17.4 Å². The van der Waals surface area contributed by atoms with Gasteiger partial charge in [-0.25, -0.2) is 4.39 Å². The first-order valence-corrected chi connectivity index (χ1v) is 8.99. The Labute approximate surface area is 162 Å². The fourth-order valence-electron chi connectivity index (χ4n) is 3.35. The van der Waals surface area contributed by atoms with Gasteiger partial charge in [-0.2, -0.15) is 0 Å². The van der Waals surface area contributed by atoms with Crippen molar-refractivity contribution in [1.29, 1.82) is 0 Å². The number of benzene rings is 1. The fourth-order valence-corrected chi connectivity index (χ4v) is 3.35. The molecular formula is C21H22FN3O3. The summed E-state index contributed by atoms with van der Waals surface area (Å²) in [4.78, 5) is 32.7. The summed E-state index contributed by atoms with van der Waals surface area (Å²) in [6.45, 7) is 0.978. The van der Waals surface area contributed by atoms with E-state index in [4.69, 9.17) is 0 Å². The van der Waals surface area contributed by atoms with Crippen LogP contribution in [-0.2, 0) is 9.59 Å². The molecule has 1 N–H and O–H groups in total. The monoisotopic (exact) mass is 383 g/mol. The van der Waals surface area contributed by atoms with E-state index in [0.29, 0.717) is 18.5 Å². The van der Waals surface area contributed by atoms with E-state index >= 15 is 0 Å². The molecule has 1 atom stereocenters. The Morgan fingerprint density at radius 3 is 2.50 bits per heavy atom. The molecule has 1 aliphatic rings. The third-order valence-corrected chi connectivity index (χ3v) is 4.70. The van der Waals surface area contributed by atoms with Crippen LogP contribution in [-0.4, -0.2) is 58.8 Å². The highest BCUT2D eigenvalue weighted by molar-refractivity contribution is 6.46. The maximum atomic E-state index is 14.6. The second kappa shape index (κ2) is 8.31. The molecule has 1 aromatic carbocycles. The number of carbonyl (C=O) groups excluding carboxylic acids is 2. The Bertz CT molecular complexity index is 912. The van der Waals surface area contributed by atoms with E-state index in [0.717, 1.165) is 0 Å². The summed E-state index contributed by atoms with van der Waals surface area (Å²) >= 11 is 0. The number of hydrogen-bond donors (Lipinski definition) is 1. The van der Waals surface area contributed by atoms with E-state index in [9.17, 15) is 19.1 Å². The number of amides is 1. The van der Waals surface area contributed by atoms with Crippen molar-refractivity contribution in [3.63, 3.8) is 0 Å². The van der Waals surface area contributed by atoms with Gasteiger partial charge >= 0.3 is 0 Å². The van der Waals surface area contributed by atoms with E-state index in [-0.39, 0.29) is 23.4 Å². The van der Waals surface area contributed by atoms with Crippen molar-refractivity contribution in [3.8, 4) is 0 Å². The smallest absolute Gasteiger partial charge is 0.295 e. The maximum Gasteiger partial charge on any atom is 0.295 e. The Balaban J connectivity index is 2.10. The number of Topliss-reactive ketones (excluding diaryl/α,β-unsaturated/α-hetero) is 1. The average molecular weight is 383 g/mol. The quantitative estimate of drug-likeness (QED) is 0.472. The first-order valence-electron chi connectivity index (χ1n) is 8.99. The highest BCUT2D eigenvalue weighted by Gasteiger charge is 2.46. The largest absolute Gasteiger partial charge is 0.507 e. The number of hydrogen-bond acceptors (Lipinski definition) is 5. The number of nitrogens with zero attached hydrogens (tertiary/aromatic N) is 3. The summed E-state index contributed by atoms with van der Waals surface area (Å²) < 4.78 is 14.6. The highest BCUT2D eigenvalue weighted by Crippen LogP contribution is 2.40. The Hall–Kier alpha value is -3.06. The summed E-state index contributed by atoms with van der Waals surface area (Å²) in [6.07, 6.45) is 3.56. The van der Waals surface area contributed by atoms with Crippen molar-refractivity contribution in [3.05, 3.63) is 71.3 Å². The Morgan fingerprint density at radius 2 is 1.86 bits per heavy atom. The number of pyridine rings is 1. The van der Waals surface area contributed by atoms with Gasteiger partial charge in [0.05, 0.1) is 11.6 Å². The second-order valence-corrected chi connectivity index (χ2v) is 6.91. The van der Waals surface area contributed by atoms with E-state index in [1.54, 1.807) is 12.1 Å². The molecule has 28 heavy (non-hydrogen) atoms. The van der Waals surface area contributed by atoms with Crippen LogP contribution in [0.15, 0.2) is 54.4 Å². The van der Waals surface area contributed by atoms with Crippen LogP contribution >= 0.6 is 0 Å². The summed E-state index contributed by atoms with van der Waals surface area (Å²) in [5, 5.41) is 10.8. The van der Waals surface area contributed by atoms with Gasteiger partial charge in [-0.1, -0.05) is 18.2 Å². The minimum Gasteiger partial charge on any atom is -0.507 e. The number of likely N-dealkylation sites (tertiary alicyclic amines) is 1. The minimum absolute atomic E-state index is 0.105. The maximum absolute atomic E-state index is 14.6. The van der Waals surface area contributed by atoms with Gasteiger partial charge in [-0.05, 0) is 45.3 Å². The molecular weight excluding hydrogens is 361 g/mol. The van der Waals surface area contributed by atoms with E-state index < -0.39 is 23.5 Å². The molecule has 2 aromatic rings. The van der Waals surface area contributed by atoms with Gasteiger partial charge in [0.1, 0.15) is 11.6 Å². The van der Waals surface area contributed by atoms with Gasteiger partial charge in [-0.3, -0.25) is 14.6 Å². The molecule has 1 unspecified atom stereocenters. The summed E-state index contributed by atoms with van der Waals surface area (Å²) in [6, 6.07) is 8.09. The lowest BCUT2D eigenvalue weighted by molar-refractivity contribution is -0.140. The SMILES string of the molecule is CN(C)CCCN1C(=O)C(=O)C(=C(O)c2ccncc2)C1c1ccccc1F. The van der Waals surface area contributed by atoms with Crippen LogP contribution in [0.3, 0.4) is 0 Å². The number of halogens is 1. The number of carbonyl (C=O) groups is 2. The van der Waals surface area contributed by atoms with Gasteiger partial charge in [-0.15, -0.1) is 0 Å².